The number of aryl methyl sites for hydroxylation is 1. The zero-order valence-corrected chi connectivity index (χ0v) is 19.2. The molecule has 1 heterocycles. The summed E-state index contributed by atoms with van der Waals surface area (Å²) in [5.41, 5.74) is 1.51. The van der Waals surface area contributed by atoms with Crippen LogP contribution >= 0.6 is 11.3 Å². The van der Waals surface area contributed by atoms with Gasteiger partial charge >= 0.3 is 0 Å². The molecule has 1 atom stereocenters. The minimum atomic E-state index is -3.91. The van der Waals surface area contributed by atoms with E-state index in [1.165, 1.54) is 47.7 Å². The lowest BCUT2D eigenvalue weighted by Crippen LogP contribution is -2.21. The molecule has 174 valence electrons. The zero-order chi connectivity index (χ0) is 24.0. The Labute approximate surface area is 194 Å². The molecule has 0 fully saturated rings. The Bertz CT molecular complexity index is 1320. The van der Waals surface area contributed by atoms with Crippen LogP contribution in [0.4, 0.5) is 8.78 Å². The predicted octanol–water partition coefficient (Wildman–Crippen LogP) is 5.19. The normalized spacial score (nSPS) is 12.2. The second kappa shape index (κ2) is 10.8. The third-order valence-corrected chi connectivity index (χ3v) is 6.82. The van der Waals surface area contributed by atoms with E-state index in [0.29, 0.717) is 10.9 Å². The molecule has 3 aromatic carbocycles. The first kappa shape index (κ1) is 24.8. The number of aromatic hydroxyl groups is 1. The lowest BCUT2D eigenvalue weighted by atomic mass is 10.1. The van der Waals surface area contributed by atoms with Gasteiger partial charge in [-0.05, 0) is 60.3 Å². The summed E-state index contributed by atoms with van der Waals surface area (Å²) in [6.45, 7) is 1.47. The molecule has 0 spiro atoms. The maximum atomic E-state index is 13.0. The number of fused-ring (bicyclic) bond motifs is 1. The van der Waals surface area contributed by atoms with Crippen molar-refractivity contribution < 1.29 is 31.6 Å². The van der Waals surface area contributed by atoms with E-state index in [9.17, 15) is 27.4 Å². The van der Waals surface area contributed by atoms with Gasteiger partial charge in [-0.1, -0.05) is 29.8 Å². The summed E-state index contributed by atoms with van der Waals surface area (Å²) >= 11 is 1.48. The number of phenols is 1. The van der Waals surface area contributed by atoms with Crippen LogP contribution in [-0.4, -0.2) is 31.3 Å². The summed E-state index contributed by atoms with van der Waals surface area (Å²) in [4.78, 5) is 0.0380. The van der Waals surface area contributed by atoms with Crippen molar-refractivity contribution in [2.24, 2.45) is 0 Å². The van der Waals surface area contributed by atoms with Crippen molar-refractivity contribution in [3.8, 4) is 5.75 Å². The molecule has 0 aliphatic rings. The Morgan fingerprint density at radius 2 is 1.76 bits per heavy atom. The van der Waals surface area contributed by atoms with E-state index in [1.54, 1.807) is 30.3 Å². The minimum absolute atomic E-state index is 0.0380. The van der Waals surface area contributed by atoms with E-state index in [4.69, 9.17) is 4.18 Å². The molecule has 0 bridgehead atoms. The molecule has 1 aromatic heterocycles. The van der Waals surface area contributed by atoms with Gasteiger partial charge in [-0.3, -0.25) is 4.18 Å². The zero-order valence-electron chi connectivity index (χ0n) is 17.6. The molecule has 0 amide bonds. The lowest BCUT2D eigenvalue weighted by molar-refractivity contribution is 0.111. The van der Waals surface area contributed by atoms with Gasteiger partial charge < -0.3 is 10.2 Å². The van der Waals surface area contributed by atoms with Crippen molar-refractivity contribution >= 4 is 31.5 Å². The van der Waals surface area contributed by atoms with E-state index in [2.05, 4.69) is 0 Å². The largest absolute Gasteiger partial charge is 0.504 e. The van der Waals surface area contributed by atoms with E-state index in [1.807, 2.05) is 12.3 Å². The third kappa shape index (κ3) is 6.82. The van der Waals surface area contributed by atoms with Crippen molar-refractivity contribution in [2.45, 2.75) is 24.3 Å². The number of phenolic OH excluding ortho intramolecular Hbond substituents is 1. The van der Waals surface area contributed by atoms with Crippen LogP contribution in [0.5, 0.6) is 5.75 Å². The molecule has 4 rings (SSSR count). The number of rotatable bonds is 6. The van der Waals surface area contributed by atoms with Gasteiger partial charge in [-0.15, -0.1) is 11.3 Å². The quantitative estimate of drug-likeness (QED) is 0.362. The highest BCUT2D eigenvalue weighted by atomic mass is 32.2. The van der Waals surface area contributed by atoms with Gasteiger partial charge in [-0.25, -0.2) is 8.78 Å². The highest BCUT2D eigenvalue weighted by Gasteiger charge is 2.17. The summed E-state index contributed by atoms with van der Waals surface area (Å²) in [6, 6.07) is 16.6. The third-order valence-electron chi connectivity index (χ3n) is 4.64. The summed E-state index contributed by atoms with van der Waals surface area (Å²) in [5, 5.41) is 21.4. The van der Waals surface area contributed by atoms with E-state index in [0.717, 1.165) is 10.3 Å². The molecule has 0 saturated carbocycles. The number of thiophene rings is 1. The molecular formula is C24H22F2O5S2. The molecule has 9 heteroatoms. The molecule has 0 aliphatic heterocycles. The van der Waals surface area contributed by atoms with Crippen LogP contribution in [0.3, 0.4) is 0 Å². The summed E-state index contributed by atoms with van der Waals surface area (Å²) in [7, 11) is -3.91. The van der Waals surface area contributed by atoms with E-state index in [-0.39, 0.29) is 23.7 Å². The van der Waals surface area contributed by atoms with Gasteiger partial charge in [0.25, 0.3) is 10.1 Å². The SMILES string of the molecule is Cc1ccc(S(=O)(=O)OCC(O)Cc2cccc(F)c2)cc1.Oc1c(F)ccc2sccc12. The van der Waals surface area contributed by atoms with Crippen LogP contribution in [0, 0.1) is 18.6 Å². The van der Waals surface area contributed by atoms with Crippen LogP contribution < -0.4 is 0 Å². The number of hydrogen-bond acceptors (Lipinski definition) is 6. The molecule has 2 N–H and O–H groups in total. The second-order valence-corrected chi connectivity index (χ2v) is 9.83. The first-order chi connectivity index (χ1) is 15.7. The van der Waals surface area contributed by atoms with Gasteiger partial charge in [0.2, 0.25) is 0 Å². The summed E-state index contributed by atoms with van der Waals surface area (Å²) < 4.78 is 55.4. The number of benzene rings is 3. The number of aliphatic hydroxyl groups is 1. The average Bonchev–Trinajstić information content (AvgIpc) is 3.26. The number of aliphatic hydroxyl groups excluding tert-OH is 1. The Morgan fingerprint density at radius 1 is 1.03 bits per heavy atom. The van der Waals surface area contributed by atoms with Crippen molar-refractivity contribution in [3.05, 3.63) is 94.9 Å². The van der Waals surface area contributed by atoms with Crippen molar-refractivity contribution in [2.75, 3.05) is 6.61 Å². The molecule has 33 heavy (non-hydrogen) atoms. The minimum Gasteiger partial charge on any atom is -0.504 e. The van der Waals surface area contributed by atoms with Gasteiger partial charge in [0.1, 0.15) is 5.82 Å². The molecule has 1 unspecified atom stereocenters. The summed E-state index contributed by atoms with van der Waals surface area (Å²) in [5.74, 6) is -1.21. The van der Waals surface area contributed by atoms with Crippen LogP contribution in [0.25, 0.3) is 10.1 Å². The topological polar surface area (TPSA) is 83.8 Å². The van der Waals surface area contributed by atoms with Gasteiger partial charge in [0.05, 0.1) is 17.6 Å². The van der Waals surface area contributed by atoms with Gasteiger partial charge in [-0.2, -0.15) is 8.42 Å². The van der Waals surface area contributed by atoms with Crippen molar-refractivity contribution in [1.82, 2.24) is 0 Å². The first-order valence-electron chi connectivity index (χ1n) is 9.89. The monoisotopic (exact) mass is 492 g/mol. The Balaban J connectivity index is 0.000000231. The summed E-state index contributed by atoms with van der Waals surface area (Å²) in [6.07, 6.45) is -0.928. The molecule has 0 radical (unpaired) electrons. The molecule has 0 saturated heterocycles. The highest BCUT2D eigenvalue weighted by molar-refractivity contribution is 7.86. The average molecular weight is 493 g/mol. The second-order valence-electron chi connectivity index (χ2n) is 7.27. The maximum Gasteiger partial charge on any atom is 0.297 e. The highest BCUT2D eigenvalue weighted by Crippen LogP contribution is 2.30. The van der Waals surface area contributed by atoms with Crippen LogP contribution in [0.15, 0.2) is 77.0 Å². The fourth-order valence-electron chi connectivity index (χ4n) is 2.94. The molecular weight excluding hydrogens is 470 g/mol. The fourth-order valence-corrected chi connectivity index (χ4v) is 4.67. The Kier molecular flexibility index (Phi) is 8.15. The van der Waals surface area contributed by atoms with Crippen LogP contribution in [0.1, 0.15) is 11.1 Å². The van der Waals surface area contributed by atoms with Crippen LogP contribution in [0.2, 0.25) is 0 Å². The maximum absolute atomic E-state index is 13.0. The lowest BCUT2D eigenvalue weighted by Gasteiger charge is -2.11. The molecule has 5 nitrogen and oxygen atoms in total. The smallest absolute Gasteiger partial charge is 0.297 e. The Hall–Kier alpha value is -2.85. The van der Waals surface area contributed by atoms with E-state index < -0.39 is 27.9 Å². The molecule has 0 aliphatic carbocycles. The predicted molar refractivity (Wildman–Crippen MR) is 124 cm³/mol. The van der Waals surface area contributed by atoms with Crippen molar-refractivity contribution in [3.63, 3.8) is 0 Å². The number of halogens is 2. The van der Waals surface area contributed by atoms with Gasteiger partial charge in [0.15, 0.2) is 11.6 Å². The van der Waals surface area contributed by atoms with Gasteiger partial charge in [0, 0.05) is 16.5 Å². The standard InChI is InChI=1S/C16H17FO4S.C8H5FOS/c1-12-5-7-16(8-6-12)22(19,20)21-11-15(18)10-13-3-2-4-14(17)9-13;9-6-1-2-7-5(8(6)10)3-4-11-7/h2-9,15,18H,10-11H2,1H3;1-4,10H. The van der Waals surface area contributed by atoms with E-state index >= 15 is 0 Å². The van der Waals surface area contributed by atoms with Crippen molar-refractivity contribution in [1.29, 1.82) is 0 Å². The Morgan fingerprint density at radius 3 is 2.45 bits per heavy atom. The number of hydrogen-bond donors (Lipinski definition) is 2. The molecule has 4 aromatic rings. The van der Waals surface area contributed by atoms with Crippen LogP contribution in [-0.2, 0) is 20.7 Å². The first-order valence-corrected chi connectivity index (χ1v) is 12.2. The fraction of sp³-hybridized carbons (Fsp3) is 0.167.